The smallest absolute Gasteiger partial charge is 0.145 e. The highest BCUT2D eigenvalue weighted by Crippen LogP contribution is 2.28. The van der Waals surface area contributed by atoms with Crippen LogP contribution < -0.4 is 10.1 Å². The standard InChI is InChI=1S/C12H16BrFN2O/c1-17-11-3-2-10(13)12(14)9(11)8-16-6-4-15-5-7-16/h2-3,15H,4-8H2,1H3. The molecular weight excluding hydrogens is 287 g/mol. The number of methoxy groups -OCH3 is 1. The highest BCUT2D eigenvalue weighted by Gasteiger charge is 2.17. The SMILES string of the molecule is COc1ccc(Br)c(F)c1CN1CCNCC1. The maximum atomic E-state index is 14.0. The topological polar surface area (TPSA) is 24.5 Å². The Balaban J connectivity index is 2.20. The van der Waals surface area contributed by atoms with E-state index in [4.69, 9.17) is 4.74 Å². The van der Waals surface area contributed by atoms with Gasteiger partial charge in [0.05, 0.1) is 11.6 Å². The Kier molecular flexibility index (Phi) is 4.36. The average Bonchev–Trinajstić information content (AvgIpc) is 2.37. The van der Waals surface area contributed by atoms with E-state index in [1.807, 2.05) is 0 Å². The molecule has 1 aliphatic heterocycles. The van der Waals surface area contributed by atoms with E-state index in [0.717, 1.165) is 26.2 Å². The molecule has 1 aromatic rings. The Morgan fingerprint density at radius 2 is 2.12 bits per heavy atom. The van der Waals surface area contributed by atoms with E-state index in [1.54, 1.807) is 19.2 Å². The number of piperazine rings is 1. The molecule has 1 heterocycles. The lowest BCUT2D eigenvalue weighted by atomic mass is 10.1. The second-order valence-corrected chi connectivity index (χ2v) is 4.92. The molecule has 1 aliphatic rings. The summed E-state index contributed by atoms with van der Waals surface area (Å²) in [6.45, 7) is 4.39. The van der Waals surface area contributed by atoms with E-state index >= 15 is 0 Å². The Morgan fingerprint density at radius 3 is 2.76 bits per heavy atom. The van der Waals surface area contributed by atoms with Crippen LogP contribution in [0, 0.1) is 5.82 Å². The van der Waals surface area contributed by atoms with Gasteiger partial charge in [-0.05, 0) is 28.1 Å². The minimum Gasteiger partial charge on any atom is -0.496 e. The zero-order valence-corrected chi connectivity index (χ0v) is 11.4. The molecule has 3 nitrogen and oxygen atoms in total. The largest absolute Gasteiger partial charge is 0.496 e. The van der Waals surface area contributed by atoms with Gasteiger partial charge in [0.2, 0.25) is 0 Å². The number of hydrogen-bond donors (Lipinski definition) is 1. The first kappa shape index (κ1) is 12.8. The third-order valence-electron chi connectivity index (χ3n) is 2.96. The van der Waals surface area contributed by atoms with Crippen molar-refractivity contribution in [2.45, 2.75) is 6.54 Å². The molecule has 0 spiro atoms. The predicted octanol–water partition coefficient (Wildman–Crippen LogP) is 2.00. The van der Waals surface area contributed by atoms with Crippen molar-refractivity contribution in [1.82, 2.24) is 10.2 Å². The van der Waals surface area contributed by atoms with Crippen LogP contribution in [0.4, 0.5) is 4.39 Å². The molecule has 2 rings (SSSR count). The van der Waals surface area contributed by atoms with E-state index in [-0.39, 0.29) is 5.82 Å². The third-order valence-corrected chi connectivity index (χ3v) is 3.58. The molecule has 0 saturated carbocycles. The van der Waals surface area contributed by atoms with Gasteiger partial charge >= 0.3 is 0 Å². The van der Waals surface area contributed by atoms with Gasteiger partial charge in [-0.2, -0.15) is 0 Å². The summed E-state index contributed by atoms with van der Waals surface area (Å²) in [7, 11) is 1.57. The first-order valence-electron chi connectivity index (χ1n) is 5.66. The van der Waals surface area contributed by atoms with Crippen LogP contribution >= 0.6 is 15.9 Å². The first-order chi connectivity index (χ1) is 8.22. The summed E-state index contributed by atoms with van der Waals surface area (Å²) < 4.78 is 19.7. The van der Waals surface area contributed by atoms with Crippen molar-refractivity contribution in [3.8, 4) is 5.75 Å². The van der Waals surface area contributed by atoms with Crippen LogP contribution in [0.15, 0.2) is 16.6 Å². The molecule has 17 heavy (non-hydrogen) atoms. The van der Waals surface area contributed by atoms with Crippen LogP contribution in [-0.2, 0) is 6.54 Å². The number of benzene rings is 1. The molecule has 0 bridgehead atoms. The van der Waals surface area contributed by atoms with Gasteiger partial charge < -0.3 is 10.1 Å². The molecule has 0 radical (unpaired) electrons. The van der Waals surface area contributed by atoms with E-state index in [0.29, 0.717) is 22.3 Å². The maximum Gasteiger partial charge on any atom is 0.145 e. The van der Waals surface area contributed by atoms with Crippen LogP contribution in [0.5, 0.6) is 5.75 Å². The fourth-order valence-electron chi connectivity index (χ4n) is 2.01. The fraction of sp³-hybridized carbons (Fsp3) is 0.500. The van der Waals surface area contributed by atoms with Gasteiger partial charge in [-0.1, -0.05) is 0 Å². The van der Waals surface area contributed by atoms with E-state index in [1.165, 1.54) is 0 Å². The Labute approximate surface area is 109 Å². The molecule has 5 heteroatoms. The van der Waals surface area contributed by atoms with Gasteiger partial charge in [-0.25, -0.2) is 4.39 Å². The van der Waals surface area contributed by atoms with Crippen LogP contribution in [0.25, 0.3) is 0 Å². The summed E-state index contributed by atoms with van der Waals surface area (Å²) in [5.41, 5.74) is 0.628. The highest BCUT2D eigenvalue weighted by atomic mass is 79.9. The second-order valence-electron chi connectivity index (χ2n) is 4.07. The minimum absolute atomic E-state index is 0.220. The molecule has 1 fully saturated rings. The van der Waals surface area contributed by atoms with Crippen molar-refractivity contribution >= 4 is 15.9 Å². The summed E-state index contributed by atoms with van der Waals surface area (Å²) in [5.74, 6) is 0.395. The average molecular weight is 303 g/mol. The lowest BCUT2D eigenvalue weighted by Gasteiger charge is -2.28. The van der Waals surface area contributed by atoms with Crippen molar-refractivity contribution in [2.24, 2.45) is 0 Å². The van der Waals surface area contributed by atoms with Crippen molar-refractivity contribution in [1.29, 1.82) is 0 Å². The third kappa shape index (κ3) is 2.97. The second kappa shape index (κ2) is 5.80. The molecule has 1 saturated heterocycles. The number of nitrogens with zero attached hydrogens (tertiary/aromatic N) is 1. The highest BCUT2D eigenvalue weighted by molar-refractivity contribution is 9.10. The monoisotopic (exact) mass is 302 g/mol. The molecule has 0 atom stereocenters. The Morgan fingerprint density at radius 1 is 1.41 bits per heavy atom. The van der Waals surface area contributed by atoms with Crippen LogP contribution in [-0.4, -0.2) is 38.2 Å². The number of rotatable bonds is 3. The summed E-state index contributed by atoms with van der Waals surface area (Å²) >= 11 is 3.21. The molecular formula is C12H16BrFN2O. The number of hydrogen-bond acceptors (Lipinski definition) is 3. The molecule has 0 amide bonds. The van der Waals surface area contributed by atoms with Crippen LogP contribution in [0.2, 0.25) is 0 Å². The van der Waals surface area contributed by atoms with Crippen molar-refractivity contribution in [3.05, 3.63) is 28.0 Å². The first-order valence-corrected chi connectivity index (χ1v) is 6.45. The molecule has 0 aromatic heterocycles. The minimum atomic E-state index is -0.220. The van der Waals surface area contributed by atoms with Gasteiger partial charge in [-0.15, -0.1) is 0 Å². The molecule has 1 N–H and O–H groups in total. The molecule has 1 aromatic carbocycles. The Hall–Kier alpha value is -0.650. The fourth-order valence-corrected chi connectivity index (χ4v) is 2.38. The van der Waals surface area contributed by atoms with Gasteiger partial charge in [0.15, 0.2) is 0 Å². The zero-order chi connectivity index (χ0) is 12.3. The van der Waals surface area contributed by atoms with Crippen molar-refractivity contribution in [2.75, 3.05) is 33.3 Å². The van der Waals surface area contributed by atoms with Gasteiger partial charge in [0, 0.05) is 38.3 Å². The summed E-state index contributed by atoms with van der Waals surface area (Å²) in [5, 5.41) is 3.28. The van der Waals surface area contributed by atoms with Gasteiger partial charge in [0.1, 0.15) is 11.6 Å². The molecule has 94 valence electrons. The lowest BCUT2D eigenvalue weighted by Crippen LogP contribution is -2.43. The maximum absolute atomic E-state index is 14.0. The van der Waals surface area contributed by atoms with Crippen LogP contribution in [0.1, 0.15) is 5.56 Å². The predicted molar refractivity (Wildman–Crippen MR) is 68.8 cm³/mol. The van der Waals surface area contributed by atoms with E-state index in [9.17, 15) is 4.39 Å². The number of nitrogens with one attached hydrogen (secondary N) is 1. The lowest BCUT2D eigenvalue weighted by molar-refractivity contribution is 0.227. The van der Waals surface area contributed by atoms with E-state index < -0.39 is 0 Å². The summed E-state index contributed by atoms with van der Waals surface area (Å²) in [6, 6.07) is 3.47. The van der Waals surface area contributed by atoms with Crippen molar-refractivity contribution < 1.29 is 9.13 Å². The quantitative estimate of drug-likeness (QED) is 0.924. The number of ether oxygens (including phenoxy) is 1. The summed E-state index contributed by atoms with van der Waals surface area (Å²) in [4.78, 5) is 2.23. The number of halogens is 2. The van der Waals surface area contributed by atoms with Gasteiger partial charge in [0.25, 0.3) is 0 Å². The zero-order valence-electron chi connectivity index (χ0n) is 9.80. The van der Waals surface area contributed by atoms with Crippen molar-refractivity contribution in [3.63, 3.8) is 0 Å². The molecule has 0 unspecified atom stereocenters. The normalized spacial score (nSPS) is 17.1. The summed E-state index contributed by atoms with van der Waals surface area (Å²) in [6.07, 6.45) is 0. The van der Waals surface area contributed by atoms with E-state index in [2.05, 4.69) is 26.1 Å². The molecule has 0 aliphatic carbocycles. The van der Waals surface area contributed by atoms with Crippen LogP contribution in [0.3, 0.4) is 0 Å². The Bertz CT molecular complexity index is 394. The van der Waals surface area contributed by atoms with Gasteiger partial charge in [-0.3, -0.25) is 4.90 Å².